The summed E-state index contributed by atoms with van der Waals surface area (Å²) in [4.78, 5) is 16.5. The Bertz CT molecular complexity index is 772. The quantitative estimate of drug-likeness (QED) is 0.588. The normalized spacial score (nSPS) is 10.9. The van der Waals surface area contributed by atoms with E-state index in [0.29, 0.717) is 5.69 Å². The van der Waals surface area contributed by atoms with E-state index in [-0.39, 0.29) is 16.3 Å². The molecule has 0 saturated heterocycles. The number of nitrogens with zero attached hydrogens (tertiary/aromatic N) is 1. The molecular formula is C16H12ClF3N2O3. The van der Waals surface area contributed by atoms with Crippen LogP contribution in [0, 0.1) is 5.82 Å². The van der Waals surface area contributed by atoms with Gasteiger partial charge >= 0.3 is 6.61 Å². The summed E-state index contributed by atoms with van der Waals surface area (Å²) in [7, 11) is 0. The van der Waals surface area contributed by atoms with E-state index in [9.17, 15) is 18.0 Å². The highest BCUT2D eigenvalue weighted by Crippen LogP contribution is 2.19. The van der Waals surface area contributed by atoms with Gasteiger partial charge in [-0.1, -0.05) is 28.9 Å². The molecule has 0 fully saturated rings. The lowest BCUT2D eigenvalue weighted by Gasteiger charge is -2.07. The van der Waals surface area contributed by atoms with Crippen molar-refractivity contribution in [3.05, 3.63) is 58.9 Å². The van der Waals surface area contributed by atoms with Crippen molar-refractivity contribution in [2.75, 3.05) is 11.9 Å². The number of benzene rings is 2. The van der Waals surface area contributed by atoms with E-state index in [0.717, 1.165) is 12.3 Å². The van der Waals surface area contributed by atoms with Gasteiger partial charge in [-0.05, 0) is 30.3 Å². The van der Waals surface area contributed by atoms with Gasteiger partial charge in [0.05, 0.1) is 11.2 Å². The van der Waals surface area contributed by atoms with Crippen LogP contribution in [0.3, 0.4) is 0 Å². The van der Waals surface area contributed by atoms with Gasteiger partial charge in [-0.25, -0.2) is 4.39 Å². The maximum atomic E-state index is 13.0. The van der Waals surface area contributed by atoms with Crippen LogP contribution in [0.15, 0.2) is 47.6 Å². The molecule has 2 rings (SSSR count). The van der Waals surface area contributed by atoms with Gasteiger partial charge in [0.2, 0.25) is 0 Å². The number of anilines is 1. The predicted octanol–water partition coefficient (Wildman–Crippen LogP) is 4.07. The number of alkyl halides is 2. The summed E-state index contributed by atoms with van der Waals surface area (Å²) in [6.45, 7) is -3.41. The highest BCUT2D eigenvalue weighted by atomic mass is 35.5. The summed E-state index contributed by atoms with van der Waals surface area (Å²) >= 11 is 5.60. The van der Waals surface area contributed by atoms with E-state index in [1.807, 2.05) is 0 Å². The molecule has 0 aliphatic rings. The van der Waals surface area contributed by atoms with Crippen molar-refractivity contribution >= 4 is 29.4 Å². The van der Waals surface area contributed by atoms with Gasteiger partial charge in [-0.15, -0.1) is 0 Å². The number of oxime groups is 1. The number of para-hydroxylation sites is 1. The summed E-state index contributed by atoms with van der Waals surface area (Å²) in [5, 5.41) is 5.83. The van der Waals surface area contributed by atoms with Crippen molar-refractivity contribution in [1.29, 1.82) is 0 Å². The Morgan fingerprint density at radius 3 is 2.76 bits per heavy atom. The largest absolute Gasteiger partial charge is 0.434 e. The molecule has 0 unspecified atom stereocenters. The van der Waals surface area contributed by atoms with Crippen molar-refractivity contribution in [2.45, 2.75) is 6.61 Å². The Morgan fingerprint density at radius 2 is 2.04 bits per heavy atom. The second-order valence-corrected chi connectivity index (χ2v) is 5.01. The monoisotopic (exact) mass is 372 g/mol. The third-order valence-electron chi connectivity index (χ3n) is 2.80. The fraction of sp³-hybridized carbons (Fsp3) is 0.125. The zero-order chi connectivity index (χ0) is 18.2. The Kier molecular flexibility index (Phi) is 6.64. The first kappa shape index (κ1) is 18.6. The second-order valence-electron chi connectivity index (χ2n) is 4.60. The zero-order valence-electron chi connectivity index (χ0n) is 12.6. The van der Waals surface area contributed by atoms with Crippen LogP contribution in [0.25, 0.3) is 0 Å². The molecule has 0 aliphatic carbocycles. The lowest BCUT2D eigenvalue weighted by Crippen LogP contribution is -2.17. The molecule has 2 aromatic carbocycles. The number of carbonyl (C=O) groups is 1. The molecule has 5 nitrogen and oxygen atoms in total. The molecular weight excluding hydrogens is 361 g/mol. The van der Waals surface area contributed by atoms with Crippen LogP contribution in [0.4, 0.5) is 18.9 Å². The maximum Gasteiger partial charge on any atom is 0.387 e. The average molecular weight is 373 g/mol. The molecule has 2 aromatic rings. The highest BCUT2D eigenvalue weighted by Gasteiger charge is 2.08. The number of rotatable bonds is 7. The summed E-state index contributed by atoms with van der Waals surface area (Å²) in [5.74, 6) is -1.24. The zero-order valence-corrected chi connectivity index (χ0v) is 13.3. The summed E-state index contributed by atoms with van der Waals surface area (Å²) < 4.78 is 41.9. The van der Waals surface area contributed by atoms with Crippen LogP contribution in [-0.2, 0) is 9.63 Å². The summed E-state index contributed by atoms with van der Waals surface area (Å²) in [6.07, 6.45) is 1.14. The minimum absolute atomic E-state index is 0.0738. The topological polar surface area (TPSA) is 59.9 Å². The standard InChI is InChI=1S/C16H12ClF3N2O3/c17-12-7-11(5-6-13(12)18)22-15(23)9-24-21-8-10-3-1-2-4-14(10)25-16(19)20/h1-8,16H,9H2,(H,22,23)/b21-8+. The minimum Gasteiger partial charge on any atom is -0.434 e. The molecule has 132 valence electrons. The van der Waals surface area contributed by atoms with Crippen molar-refractivity contribution in [2.24, 2.45) is 5.16 Å². The molecule has 1 amide bonds. The smallest absolute Gasteiger partial charge is 0.387 e. The molecule has 0 spiro atoms. The number of carbonyl (C=O) groups excluding carboxylic acids is 1. The van der Waals surface area contributed by atoms with Crippen LogP contribution < -0.4 is 10.1 Å². The lowest BCUT2D eigenvalue weighted by atomic mass is 10.2. The predicted molar refractivity (Wildman–Crippen MR) is 86.7 cm³/mol. The lowest BCUT2D eigenvalue weighted by molar-refractivity contribution is -0.120. The van der Waals surface area contributed by atoms with E-state index >= 15 is 0 Å². The van der Waals surface area contributed by atoms with Crippen LogP contribution in [0.2, 0.25) is 5.02 Å². The fourth-order valence-electron chi connectivity index (χ4n) is 1.75. The van der Waals surface area contributed by atoms with Gasteiger partial charge in [0, 0.05) is 11.3 Å². The van der Waals surface area contributed by atoms with E-state index in [2.05, 4.69) is 15.2 Å². The molecule has 25 heavy (non-hydrogen) atoms. The number of ether oxygens (including phenoxy) is 1. The first-order chi connectivity index (χ1) is 12.0. The third kappa shape index (κ3) is 6.00. The molecule has 0 atom stereocenters. The SMILES string of the molecule is O=C(CO/N=C/c1ccccc1OC(F)F)Nc1ccc(F)c(Cl)c1. The molecule has 9 heteroatoms. The molecule has 0 heterocycles. The van der Waals surface area contributed by atoms with Gasteiger partial charge < -0.3 is 14.9 Å². The molecule has 0 aromatic heterocycles. The summed E-state index contributed by atoms with van der Waals surface area (Å²) in [6, 6.07) is 9.65. The van der Waals surface area contributed by atoms with E-state index in [1.165, 1.54) is 30.3 Å². The highest BCUT2D eigenvalue weighted by molar-refractivity contribution is 6.31. The molecule has 0 saturated carbocycles. The van der Waals surface area contributed by atoms with E-state index in [4.69, 9.17) is 16.4 Å². The number of amides is 1. The van der Waals surface area contributed by atoms with Crippen LogP contribution in [-0.4, -0.2) is 25.3 Å². The Morgan fingerprint density at radius 1 is 1.28 bits per heavy atom. The molecule has 1 N–H and O–H groups in total. The van der Waals surface area contributed by atoms with Gasteiger partial charge in [-0.3, -0.25) is 4.79 Å². The number of hydrogen-bond donors (Lipinski definition) is 1. The number of nitrogens with one attached hydrogen (secondary N) is 1. The molecule has 0 bridgehead atoms. The molecule has 0 radical (unpaired) electrons. The molecule has 0 aliphatic heterocycles. The summed E-state index contributed by atoms with van der Waals surface area (Å²) in [5.41, 5.74) is 0.549. The van der Waals surface area contributed by atoms with E-state index < -0.39 is 24.9 Å². The Labute approximate surface area is 146 Å². The van der Waals surface area contributed by atoms with Crippen molar-refractivity contribution in [1.82, 2.24) is 0 Å². The van der Waals surface area contributed by atoms with E-state index in [1.54, 1.807) is 6.07 Å². The first-order valence-corrected chi connectivity index (χ1v) is 7.27. The van der Waals surface area contributed by atoms with Crippen molar-refractivity contribution in [3.63, 3.8) is 0 Å². The van der Waals surface area contributed by atoms with Crippen molar-refractivity contribution in [3.8, 4) is 5.75 Å². The number of halogens is 4. The number of hydrogen-bond acceptors (Lipinski definition) is 4. The maximum absolute atomic E-state index is 13.0. The fourth-order valence-corrected chi connectivity index (χ4v) is 1.93. The van der Waals surface area contributed by atoms with Gasteiger partial charge in [-0.2, -0.15) is 8.78 Å². The van der Waals surface area contributed by atoms with Crippen LogP contribution in [0.5, 0.6) is 5.75 Å². The Hall–Kier alpha value is -2.74. The van der Waals surface area contributed by atoms with Gasteiger partial charge in [0.25, 0.3) is 5.91 Å². The minimum atomic E-state index is -2.97. The van der Waals surface area contributed by atoms with Gasteiger partial charge in [0.1, 0.15) is 11.6 Å². The van der Waals surface area contributed by atoms with Gasteiger partial charge in [0.15, 0.2) is 6.61 Å². The van der Waals surface area contributed by atoms with Crippen molar-refractivity contribution < 1.29 is 27.5 Å². The second kappa shape index (κ2) is 8.93. The van der Waals surface area contributed by atoms with Crippen LogP contribution >= 0.6 is 11.6 Å². The Balaban J connectivity index is 1.86. The van der Waals surface area contributed by atoms with Crippen LogP contribution in [0.1, 0.15) is 5.56 Å². The third-order valence-corrected chi connectivity index (χ3v) is 3.09. The first-order valence-electron chi connectivity index (χ1n) is 6.90. The average Bonchev–Trinajstić information content (AvgIpc) is 2.56.